The van der Waals surface area contributed by atoms with Gasteiger partial charge in [0, 0.05) is 5.56 Å². The Kier molecular flexibility index (Phi) is 5.81. The number of carbonyl (C=O) groups is 2. The van der Waals surface area contributed by atoms with Crippen molar-refractivity contribution in [1.82, 2.24) is 4.98 Å². The summed E-state index contributed by atoms with van der Waals surface area (Å²) < 4.78 is 0. The Bertz CT molecular complexity index is 1520. The van der Waals surface area contributed by atoms with Crippen molar-refractivity contribution in [1.29, 1.82) is 0 Å². The first-order valence-corrected chi connectivity index (χ1v) is 12.0. The molecule has 0 saturated heterocycles. The molecule has 1 unspecified atom stereocenters. The molecule has 0 saturated carbocycles. The van der Waals surface area contributed by atoms with E-state index in [4.69, 9.17) is 0 Å². The molecule has 0 spiro atoms. The Morgan fingerprint density at radius 1 is 0.944 bits per heavy atom. The predicted molar refractivity (Wildman–Crippen MR) is 137 cm³/mol. The summed E-state index contributed by atoms with van der Waals surface area (Å²) in [6.07, 6.45) is 0. The lowest BCUT2D eigenvalue weighted by molar-refractivity contribution is -0.117. The van der Waals surface area contributed by atoms with Gasteiger partial charge in [0.05, 0.1) is 27.9 Å². The molecule has 180 valence electrons. The van der Waals surface area contributed by atoms with Crippen LogP contribution >= 0.6 is 11.3 Å². The molecule has 8 heteroatoms. The van der Waals surface area contributed by atoms with Gasteiger partial charge in [-0.2, -0.15) is 0 Å². The number of anilines is 1. The lowest BCUT2D eigenvalue weighted by Gasteiger charge is -2.27. The number of phenols is 2. The van der Waals surface area contributed by atoms with Crippen LogP contribution in [0, 0.1) is 13.8 Å². The smallest absolute Gasteiger partial charge is 0.294 e. The number of aliphatic hydroxyl groups is 1. The number of hydrogen-bond acceptors (Lipinski definition) is 7. The fourth-order valence-corrected chi connectivity index (χ4v) is 5.34. The summed E-state index contributed by atoms with van der Waals surface area (Å²) in [7, 11) is 0. The van der Waals surface area contributed by atoms with Crippen molar-refractivity contribution in [2.24, 2.45) is 0 Å². The van der Waals surface area contributed by atoms with Crippen molar-refractivity contribution in [3.05, 3.63) is 106 Å². The Morgan fingerprint density at radius 3 is 2.33 bits per heavy atom. The van der Waals surface area contributed by atoms with E-state index >= 15 is 0 Å². The highest BCUT2D eigenvalue weighted by Gasteiger charge is 2.46. The van der Waals surface area contributed by atoms with E-state index in [0.717, 1.165) is 11.1 Å². The number of benzene rings is 3. The van der Waals surface area contributed by atoms with Crippen LogP contribution in [0.15, 0.2) is 84.1 Å². The van der Waals surface area contributed by atoms with Crippen LogP contribution in [0.4, 0.5) is 5.69 Å². The zero-order chi connectivity index (χ0) is 25.6. The van der Waals surface area contributed by atoms with E-state index in [-0.39, 0.29) is 22.8 Å². The van der Waals surface area contributed by atoms with Gasteiger partial charge in [-0.05, 0) is 49.2 Å². The number of Topliss-reactive ketones (excluding diaryl/α,β-unsaturated/α-hetero) is 1. The van der Waals surface area contributed by atoms with Gasteiger partial charge in [0.2, 0.25) is 5.78 Å². The van der Waals surface area contributed by atoms with Gasteiger partial charge in [-0.25, -0.2) is 4.98 Å². The molecule has 3 N–H and O–H groups in total. The minimum absolute atomic E-state index is 0.0138. The minimum Gasteiger partial charge on any atom is -0.508 e. The highest BCUT2D eigenvalue weighted by Crippen LogP contribution is 2.46. The van der Waals surface area contributed by atoms with Gasteiger partial charge in [-0.3, -0.25) is 14.5 Å². The van der Waals surface area contributed by atoms with Crippen LogP contribution in [0.2, 0.25) is 0 Å². The molecule has 1 atom stereocenters. The summed E-state index contributed by atoms with van der Waals surface area (Å²) in [4.78, 5) is 33.4. The first-order valence-electron chi connectivity index (χ1n) is 11.2. The molecule has 4 aromatic rings. The molecule has 0 fully saturated rings. The summed E-state index contributed by atoms with van der Waals surface area (Å²) in [5.41, 5.74) is 2.66. The second-order valence-corrected chi connectivity index (χ2v) is 9.55. The van der Waals surface area contributed by atoms with Crippen LogP contribution < -0.4 is 4.90 Å². The summed E-state index contributed by atoms with van der Waals surface area (Å²) >= 11 is 1.19. The second kappa shape index (κ2) is 8.98. The third-order valence-corrected chi connectivity index (χ3v) is 7.28. The molecule has 0 radical (unpaired) electrons. The second-order valence-electron chi connectivity index (χ2n) is 8.55. The van der Waals surface area contributed by atoms with Gasteiger partial charge in [-0.1, -0.05) is 48.5 Å². The first-order chi connectivity index (χ1) is 17.3. The zero-order valence-electron chi connectivity index (χ0n) is 19.5. The number of ketones is 1. The number of hydrogen-bond donors (Lipinski definition) is 3. The highest BCUT2D eigenvalue weighted by molar-refractivity contribution is 7.17. The van der Waals surface area contributed by atoms with Gasteiger partial charge >= 0.3 is 0 Å². The zero-order valence-corrected chi connectivity index (χ0v) is 20.3. The molecule has 36 heavy (non-hydrogen) atoms. The van der Waals surface area contributed by atoms with E-state index in [9.17, 15) is 24.9 Å². The number of aromatic nitrogens is 1. The number of amides is 1. The van der Waals surface area contributed by atoms with Crippen LogP contribution in [-0.4, -0.2) is 32.0 Å². The van der Waals surface area contributed by atoms with Crippen molar-refractivity contribution < 1.29 is 24.9 Å². The molecular weight excluding hydrogens is 476 g/mol. The Balaban J connectivity index is 1.66. The molecule has 1 aromatic heterocycles. The van der Waals surface area contributed by atoms with Gasteiger partial charge in [0.1, 0.15) is 16.5 Å². The molecule has 7 nitrogen and oxygen atoms in total. The van der Waals surface area contributed by atoms with Crippen LogP contribution in [0.5, 0.6) is 11.5 Å². The van der Waals surface area contributed by atoms with E-state index in [2.05, 4.69) is 4.98 Å². The van der Waals surface area contributed by atoms with Crippen molar-refractivity contribution in [2.75, 3.05) is 4.90 Å². The number of carbonyl (C=O) groups excluding carboxylic acids is 2. The van der Waals surface area contributed by atoms with Crippen molar-refractivity contribution in [2.45, 2.75) is 19.9 Å². The Morgan fingerprint density at radius 2 is 1.64 bits per heavy atom. The van der Waals surface area contributed by atoms with Gasteiger partial charge < -0.3 is 15.3 Å². The molecule has 3 aromatic carbocycles. The number of aliphatic hydroxyl groups excluding tert-OH is 1. The molecule has 1 aliphatic heterocycles. The van der Waals surface area contributed by atoms with E-state index < -0.39 is 23.5 Å². The van der Waals surface area contributed by atoms with E-state index in [1.807, 2.05) is 37.3 Å². The maximum Gasteiger partial charge on any atom is 0.294 e. The molecule has 2 heterocycles. The number of rotatable bonds is 5. The average molecular weight is 499 g/mol. The third kappa shape index (κ3) is 3.91. The lowest BCUT2D eigenvalue weighted by atomic mass is 9.94. The lowest BCUT2D eigenvalue weighted by Crippen LogP contribution is -2.31. The van der Waals surface area contributed by atoms with E-state index in [0.29, 0.717) is 21.1 Å². The fourth-order valence-electron chi connectivity index (χ4n) is 4.32. The molecule has 0 aliphatic carbocycles. The SMILES string of the molecule is Cc1ccc(O)c(N2C(=O)C(O)=C(C(=O)c3sc(-c4ccccc4)nc3C)C2c2ccc(O)cc2)c1. The standard InChI is InChI=1S/C28H22N2O5S/c1-15-8-13-21(32)20(14-15)30-23(17-9-11-19(31)12-10-17)22(25(34)28(30)35)24(33)26-16(2)29-27(36-26)18-6-4-3-5-7-18/h3-14,23,31-32,34H,1-2H3. The third-order valence-electron chi connectivity index (χ3n) is 6.08. The summed E-state index contributed by atoms with van der Waals surface area (Å²) in [6, 6.07) is 19.2. The number of aromatic hydroxyl groups is 2. The quantitative estimate of drug-likeness (QED) is 0.308. The highest BCUT2D eigenvalue weighted by atomic mass is 32.1. The number of thiazole rings is 1. The maximum absolute atomic E-state index is 13.9. The Hall–Kier alpha value is -4.43. The van der Waals surface area contributed by atoms with Crippen LogP contribution in [-0.2, 0) is 4.79 Å². The van der Waals surface area contributed by atoms with Crippen LogP contribution in [0.25, 0.3) is 10.6 Å². The number of phenolic OH excluding ortho intramolecular Hbond substituents is 2. The molecule has 1 amide bonds. The normalized spacial score (nSPS) is 15.6. The number of aryl methyl sites for hydroxylation is 2. The molecule has 0 bridgehead atoms. The van der Waals surface area contributed by atoms with Crippen molar-refractivity contribution in [3.63, 3.8) is 0 Å². The fraction of sp³-hybridized carbons (Fsp3) is 0.107. The summed E-state index contributed by atoms with van der Waals surface area (Å²) in [5.74, 6) is -2.17. The number of nitrogens with zero attached hydrogens (tertiary/aromatic N) is 2. The van der Waals surface area contributed by atoms with Gasteiger partial charge in [0.15, 0.2) is 5.76 Å². The van der Waals surface area contributed by atoms with Crippen LogP contribution in [0.3, 0.4) is 0 Å². The molecular formula is C28H22N2O5S. The Labute approximate surface area is 211 Å². The van der Waals surface area contributed by atoms with E-state index in [1.54, 1.807) is 31.2 Å². The minimum atomic E-state index is -1.03. The predicted octanol–water partition coefficient (Wildman–Crippen LogP) is 5.62. The summed E-state index contributed by atoms with van der Waals surface area (Å²) in [6.45, 7) is 3.52. The van der Waals surface area contributed by atoms with E-state index in [1.165, 1.54) is 34.4 Å². The van der Waals surface area contributed by atoms with Crippen LogP contribution in [0.1, 0.15) is 32.5 Å². The summed E-state index contributed by atoms with van der Waals surface area (Å²) in [5, 5.41) is 32.1. The first kappa shape index (κ1) is 23.3. The largest absolute Gasteiger partial charge is 0.508 e. The average Bonchev–Trinajstić information content (AvgIpc) is 3.39. The van der Waals surface area contributed by atoms with Gasteiger partial charge in [0.25, 0.3) is 5.91 Å². The maximum atomic E-state index is 13.9. The monoisotopic (exact) mass is 498 g/mol. The topological polar surface area (TPSA) is 111 Å². The van der Waals surface area contributed by atoms with Crippen molar-refractivity contribution in [3.8, 4) is 22.1 Å². The van der Waals surface area contributed by atoms with Gasteiger partial charge in [-0.15, -0.1) is 11.3 Å². The van der Waals surface area contributed by atoms with Crippen molar-refractivity contribution >= 4 is 28.7 Å². The molecule has 1 aliphatic rings. The molecule has 5 rings (SSSR count).